The lowest BCUT2D eigenvalue weighted by Gasteiger charge is -2.28. The molecule has 78 valence electrons. The Labute approximate surface area is 82.4 Å². The van der Waals surface area contributed by atoms with Gasteiger partial charge < -0.3 is 15.0 Å². The summed E-state index contributed by atoms with van der Waals surface area (Å²) >= 11 is 0. The molecule has 0 aromatic carbocycles. The first kappa shape index (κ1) is 9.30. The number of cyclic esters (lactones) is 1. The fraction of sp³-hybridized carbons (Fsp3) is 0.778. The maximum absolute atomic E-state index is 11.8. The van der Waals surface area contributed by atoms with E-state index in [0.717, 1.165) is 25.9 Å². The number of hydrogen-bond acceptors (Lipinski definition) is 3. The van der Waals surface area contributed by atoms with Crippen LogP contribution in [-0.4, -0.2) is 42.6 Å². The van der Waals surface area contributed by atoms with Crippen LogP contribution in [0.3, 0.4) is 0 Å². The van der Waals surface area contributed by atoms with E-state index in [1.54, 1.807) is 0 Å². The number of nitrogens with one attached hydrogen (secondary N) is 1. The SMILES string of the molecule is O=C1N[C@H](C(=O)N2CCCCC2)CO1. The molecule has 0 aromatic rings. The lowest BCUT2D eigenvalue weighted by molar-refractivity contribution is -0.134. The van der Waals surface area contributed by atoms with Gasteiger partial charge in [-0.1, -0.05) is 0 Å². The van der Waals surface area contributed by atoms with Gasteiger partial charge in [0.2, 0.25) is 5.91 Å². The second-order valence-corrected chi connectivity index (χ2v) is 3.68. The van der Waals surface area contributed by atoms with Crippen molar-refractivity contribution in [3.63, 3.8) is 0 Å². The van der Waals surface area contributed by atoms with Crippen LogP contribution >= 0.6 is 0 Å². The molecule has 2 aliphatic rings. The van der Waals surface area contributed by atoms with E-state index in [-0.39, 0.29) is 12.5 Å². The van der Waals surface area contributed by atoms with Crippen molar-refractivity contribution < 1.29 is 14.3 Å². The van der Waals surface area contributed by atoms with E-state index in [2.05, 4.69) is 10.1 Å². The van der Waals surface area contributed by atoms with Crippen molar-refractivity contribution >= 4 is 12.0 Å². The van der Waals surface area contributed by atoms with Crippen molar-refractivity contribution in [1.82, 2.24) is 10.2 Å². The van der Waals surface area contributed by atoms with Crippen molar-refractivity contribution in [3.05, 3.63) is 0 Å². The number of piperidine rings is 1. The highest BCUT2D eigenvalue weighted by atomic mass is 16.6. The van der Waals surface area contributed by atoms with Crippen molar-refractivity contribution in [1.29, 1.82) is 0 Å². The van der Waals surface area contributed by atoms with Crippen LogP contribution in [0.4, 0.5) is 4.79 Å². The van der Waals surface area contributed by atoms with Crippen molar-refractivity contribution in [2.75, 3.05) is 19.7 Å². The lowest BCUT2D eigenvalue weighted by atomic mass is 10.1. The topological polar surface area (TPSA) is 58.6 Å². The molecule has 0 spiro atoms. The third kappa shape index (κ3) is 1.81. The average Bonchev–Trinajstić information content (AvgIpc) is 2.65. The van der Waals surface area contributed by atoms with Gasteiger partial charge in [0.15, 0.2) is 0 Å². The molecule has 2 aliphatic heterocycles. The first-order valence-electron chi connectivity index (χ1n) is 4.99. The molecule has 2 rings (SSSR count). The van der Waals surface area contributed by atoms with Gasteiger partial charge in [0.1, 0.15) is 12.6 Å². The molecule has 0 radical (unpaired) electrons. The molecule has 14 heavy (non-hydrogen) atoms. The summed E-state index contributed by atoms with van der Waals surface area (Å²) in [6.45, 7) is 1.80. The molecule has 1 atom stereocenters. The van der Waals surface area contributed by atoms with Gasteiger partial charge in [0, 0.05) is 13.1 Å². The smallest absolute Gasteiger partial charge is 0.407 e. The van der Waals surface area contributed by atoms with Gasteiger partial charge in [0.05, 0.1) is 0 Å². The number of amides is 2. The van der Waals surface area contributed by atoms with Gasteiger partial charge in [-0.3, -0.25) is 4.79 Å². The minimum atomic E-state index is -0.486. The Morgan fingerprint density at radius 3 is 2.64 bits per heavy atom. The van der Waals surface area contributed by atoms with Gasteiger partial charge in [-0.05, 0) is 19.3 Å². The number of carbonyl (C=O) groups is 2. The third-order valence-corrected chi connectivity index (χ3v) is 2.64. The lowest BCUT2D eigenvalue weighted by Crippen LogP contribution is -2.47. The van der Waals surface area contributed by atoms with Gasteiger partial charge in [-0.15, -0.1) is 0 Å². The first-order valence-corrected chi connectivity index (χ1v) is 4.99. The van der Waals surface area contributed by atoms with E-state index in [9.17, 15) is 9.59 Å². The Morgan fingerprint density at radius 2 is 2.07 bits per heavy atom. The number of likely N-dealkylation sites (tertiary alicyclic amines) is 1. The van der Waals surface area contributed by atoms with Gasteiger partial charge in [0.25, 0.3) is 0 Å². The van der Waals surface area contributed by atoms with Gasteiger partial charge in [-0.2, -0.15) is 0 Å². The minimum absolute atomic E-state index is 0.00412. The standard InChI is InChI=1S/C9H14N2O3/c12-8(7-6-14-9(13)10-7)11-4-2-1-3-5-11/h7H,1-6H2,(H,10,13)/t7-/m0/s1. The predicted molar refractivity (Wildman–Crippen MR) is 48.7 cm³/mol. The Balaban J connectivity index is 1.90. The quantitative estimate of drug-likeness (QED) is 0.650. The number of ether oxygens (including phenoxy) is 1. The van der Waals surface area contributed by atoms with Crippen molar-refractivity contribution in [3.8, 4) is 0 Å². The molecule has 0 aliphatic carbocycles. The van der Waals surface area contributed by atoms with Crippen LogP contribution in [0.5, 0.6) is 0 Å². The summed E-state index contributed by atoms with van der Waals surface area (Å²) in [6.07, 6.45) is 2.83. The monoisotopic (exact) mass is 198 g/mol. The Hall–Kier alpha value is -1.26. The number of carbonyl (C=O) groups excluding carboxylic acids is 2. The van der Waals surface area contributed by atoms with E-state index in [0.29, 0.717) is 0 Å². The summed E-state index contributed by atoms with van der Waals surface area (Å²) in [7, 11) is 0. The van der Waals surface area contributed by atoms with Crippen LogP contribution in [0, 0.1) is 0 Å². The summed E-state index contributed by atoms with van der Waals surface area (Å²) in [4.78, 5) is 24.3. The van der Waals surface area contributed by atoms with E-state index in [1.165, 1.54) is 6.42 Å². The molecule has 0 unspecified atom stereocenters. The molecule has 5 nitrogen and oxygen atoms in total. The highest BCUT2D eigenvalue weighted by Gasteiger charge is 2.32. The van der Waals surface area contributed by atoms with Crippen molar-refractivity contribution in [2.24, 2.45) is 0 Å². The number of alkyl carbamates (subject to hydrolysis) is 1. The van der Waals surface area contributed by atoms with E-state index >= 15 is 0 Å². The van der Waals surface area contributed by atoms with Crippen LogP contribution < -0.4 is 5.32 Å². The van der Waals surface area contributed by atoms with Crippen LogP contribution in [0.25, 0.3) is 0 Å². The zero-order valence-corrected chi connectivity index (χ0v) is 7.99. The van der Waals surface area contributed by atoms with Crippen LogP contribution in [0.1, 0.15) is 19.3 Å². The molecular weight excluding hydrogens is 184 g/mol. The van der Waals surface area contributed by atoms with Crippen LogP contribution in [-0.2, 0) is 9.53 Å². The molecule has 5 heteroatoms. The molecule has 0 saturated carbocycles. The van der Waals surface area contributed by atoms with Gasteiger partial charge in [-0.25, -0.2) is 4.79 Å². The molecule has 2 heterocycles. The maximum Gasteiger partial charge on any atom is 0.407 e. The molecule has 2 saturated heterocycles. The summed E-state index contributed by atoms with van der Waals surface area (Å²) in [5, 5.41) is 2.50. The number of nitrogens with zero attached hydrogens (tertiary/aromatic N) is 1. The average molecular weight is 198 g/mol. The second-order valence-electron chi connectivity index (χ2n) is 3.68. The largest absolute Gasteiger partial charge is 0.447 e. The highest BCUT2D eigenvalue weighted by Crippen LogP contribution is 2.11. The fourth-order valence-electron chi connectivity index (χ4n) is 1.85. The molecular formula is C9H14N2O3. The third-order valence-electron chi connectivity index (χ3n) is 2.64. The van der Waals surface area contributed by atoms with E-state index in [1.807, 2.05) is 4.90 Å². The maximum atomic E-state index is 11.8. The Morgan fingerprint density at radius 1 is 1.36 bits per heavy atom. The van der Waals surface area contributed by atoms with Gasteiger partial charge >= 0.3 is 6.09 Å². The summed E-state index contributed by atoms with van der Waals surface area (Å²) in [6, 6.07) is -0.458. The first-order chi connectivity index (χ1) is 6.77. The molecule has 0 aromatic heterocycles. The zero-order valence-electron chi connectivity index (χ0n) is 7.99. The predicted octanol–water partition coefficient (Wildman–Crippen LogP) is 0.107. The molecule has 2 amide bonds. The molecule has 1 N–H and O–H groups in total. The minimum Gasteiger partial charge on any atom is -0.447 e. The summed E-state index contributed by atoms with van der Waals surface area (Å²) in [5.41, 5.74) is 0. The fourth-order valence-corrected chi connectivity index (χ4v) is 1.85. The van der Waals surface area contributed by atoms with Crippen LogP contribution in [0.15, 0.2) is 0 Å². The Bertz CT molecular complexity index is 248. The summed E-state index contributed by atoms with van der Waals surface area (Å²) in [5.74, 6) is -0.00412. The zero-order chi connectivity index (χ0) is 9.97. The molecule has 2 fully saturated rings. The van der Waals surface area contributed by atoms with E-state index < -0.39 is 12.1 Å². The second kappa shape index (κ2) is 3.86. The molecule has 0 bridgehead atoms. The number of rotatable bonds is 1. The van der Waals surface area contributed by atoms with Crippen molar-refractivity contribution in [2.45, 2.75) is 25.3 Å². The highest BCUT2D eigenvalue weighted by molar-refractivity contribution is 5.87. The Kier molecular flexibility index (Phi) is 2.56. The normalized spacial score (nSPS) is 27.0. The van der Waals surface area contributed by atoms with E-state index in [4.69, 9.17) is 0 Å². The number of hydrogen-bond donors (Lipinski definition) is 1. The van der Waals surface area contributed by atoms with Crippen LogP contribution in [0.2, 0.25) is 0 Å². The summed E-state index contributed by atoms with van der Waals surface area (Å²) < 4.78 is 4.68.